The van der Waals surface area contributed by atoms with E-state index < -0.39 is 5.91 Å². The van der Waals surface area contributed by atoms with Gasteiger partial charge in [0.15, 0.2) is 22.7 Å². The number of fused-ring (bicyclic) bond motifs is 2. The first-order valence-electron chi connectivity index (χ1n) is 9.68. The van der Waals surface area contributed by atoms with E-state index in [-0.39, 0.29) is 11.2 Å². The Morgan fingerprint density at radius 3 is 2.39 bits per heavy atom. The molecule has 0 spiro atoms. The highest BCUT2D eigenvalue weighted by Crippen LogP contribution is 2.42. The molecule has 1 aliphatic rings. The van der Waals surface area contributed by atoms with Crippen LogP contribution in [0.15, 0.2) is 91.8 Å². The molecule has 0 bridgehead atoms. The first kappa shape index (κ1) is 19.3. The molecule has 0 atom stereocenters. The maximum Gasteiger partial charge on any atom is 0.291 e. The van der Waals surface area contributed by atoms with Crippen LogP contribution in [0.25, 0.3) is 11.0 Å². The van der Waals surface area contributed by atoms with Gasteiger partial charge in [-0.3, -0.25) is 9.59 Å². The van der Waals surface area contributed by atoms with E-state index in [2.05, 4.69) is 5.32 Å². The third-order valence-electron chi connectivity index (χ3n) is 4.72. The van der Waals surface area contributed by atoms with Crippen LogP contribution in [0.1, 0.15) is 10.6 Å². The Labute approximate surface area is 181 Å². The standard InChI is InChI=1S/C24H17NO5S/c26-18-13-22(30-19-9-5-4-8-16(18)19)24(27)25-17-12-20-21(29-11-10-28-20)14-23(17)31-15-6-2-1-3-7-15/h1-9,12-14H,10-11H2,(H,25,27). The van der Waals surface area contributed by atoms with E-state index in [1.54, 1.807) is 30.3 Å². The Morgan fingerprint density at radius 2 is 1.58 bits per heavy atom. The Balaban J connectivity index is 1.51. The fourth-order valence-corrected chi connectivity index (χ4v) is 4.20. The van der Waals surface area contributed by atoms with Crippen LogP contribution in [0, 0.1) is 0 Å². The molecule has 7 heteroatoms. The first-order valence-corrected chi connectivity index (χ1v) is 10.5. The average Bonchev–Trinajstić information content (AvgIpc) is 2.80. The van der Waals surface area contributed by atoms with Crippen molar-refractivity contribution in [2.24, 2.45) is 0 Å². The van der Waals surface area contributed by atoms with Crippen molar-refractivity contribution in [2.45, 2.75) is 9.79 Å². The molecule has 154 valence electrons. The summed E-state index contributed by atoms with van der Waals surface area (Å²) in [5.74, 6) is 0.600. The number of benzene rings is 3. The van der Waals surface area contributed by atoms with Crippen LogP contribution in [-0.4, -0.2) is 19.1 Å². The largest absolute Gasteiger partial charge is 0.486 e. The number of anilines is 1. The van der Waals surface area contributed by atoms with Gasteiger partial charge in [-0.15, -0.1) is 0 Å². The quantitative estimate of drug-likeness (QED) is 0.492. The Hall–Kier alpha value is -3.71. The molecule has 0 saturated heterocycles. The molecule has 2 heterocycles. The van der Waals surface area contributed by atoms with E-state index >= 15 is 0 Å². The SMILES string of the molecule is O=C(Nc1cc2c(cc1Sc1ccccc1)OCCO2)c1cc(=O)c2ccccc2o1. The number of amides is 1. The van der Waals surface area contributed by atoms with E-state index in [0.29, 0.717) is 41.4 Å². The highest BCUT2D eigenvalue weighted by Gasteiger charge is 2.20. The highest BCUT2D eigenvalue weighted by molar-refractivity contribution is 7.99. The molecule has 1 aliphatic heterocycles. The molecule has 31 heavy (non-hydrogen) atoms. The molecule has 0 unspecified atom stereocenters. The number of carbonyl (C=O) groups is 1. The van der Waals surface area contributed by atoms with Crippen molar-refractivity contribution in [3.63, 3.8) is 0 Å². The summed E-state index contributed by atoms with van der Waals surface area (Å²) in [6.45, 7) is 0.904. The van der Waals surface area contributed by atoms with Crippen molar-refractivity contribution in [3.05, 3.63) is 88.8 Å². The van der Waals surface area contributed by atoms with Crippen LogP contribution in [0.3, 0.4) is 0 Å². The summed E-state index contributed by atoms with van der Waals surface area (Å²) >= 11 is 1.49. The molecule has 5 rings (SSSR count). The Kier molecular flexibility index (Phi) is 5.09. The lowest BCUT2D eigenvalue weighted by Gasteiger charge is -2.21. The smallest absolute Gasteiger partial charge is 0.291 e. The minimum Gasteiger partial charge on any atom is -0.486 e. The molecule has 0 aliphatic carbocycles. The molecule has 1 N–H and O–H groups in total. The van der Waals surface area contributed by atoms with Gasteiger partial charge >= 0.3 is 0 Å². The van der Waals surface area contributed by atoms with E-state index in [9.17, 15) is 9.59 Å². The van der Waals surface area contributed by atoms with E-state index in [4.69, 9.17) is 13.9 Å². The highest BCUT2D eigenvalue weighted by atomic mass is 32.2. The zero-order chi connectivity index (χ0) is 21.2. The molecule has 0 radical (unpaired) electrons. The van der Waals surface area contributed by atoms with Crippen LogP contribution >= 0.6 is 11.8 Å². The Bertz CT molecular complexity index is 1330. The number of hydrogen-bond acceptors (Lipinski definition) is 6. The minimum absolute atomic E-state index is 0.0609. The fraction of sp³-hybridized carbons (Fsp3) is 0.0833. The average molecular weight is 431 g/mol. The van der Waals surface area contributed by atoms with Gasteiger partial charge in [0.1, 0.15) is 18.8 Å². The number of carbonyl (C=O) groups excluding carboxylic acids is 1. The van der Waals surface area contributed by atoms with Gasteiger partial charge in [0.25, 0.3) is 5.91 Å². The van der Waals surface area contributed by atoms with Crippen LogP contribution in [0.4, 0.5) is 5.69 Å². The Morgan fingerprint density at radius 1 is 0.871 bits per heavy atom. The summed E-state index contributed by atoms with van der Waals surface area (Å²) < 4.78 is 17.0. The predicted molar refractivity (Wildman–Crippen MR) is 118 cm³/mol. The van der Waals surface area contributed by atoms with E-state index in [1.165, 1.54) is 17.8 Å². The van der Waals surface area contributed by atoms with Crippen molar-refractivity contribution in [3.8, 4) is 11.5 Å². The van der Waals surface area contributed by atoms with Gasteiger partial charge < -0.3 is 19.2 Å². The van der Waals surface area contributed by atoms with Crippen LogP contribution in [-0.2, 0) is 0 Å². The second-order valence-electron chi connectivity index (χ2n) is 6.83. The minimum atomic E-state index is -0.519. The number of ether oxygens (including phenoxy) is 2. The summed E-state index contributed by atoms with van der Waals surface area (Å²) in [5, 5.41) is 3.29. The first-order chi connectivity index (χ1) is 15.2. The van der Waals surface area contributed by atoms with Gasteiger partial charge in [0.2, 0.25) is 0 Å². The molecule has 1 aromatic heterocycles. The third kappa shape index (κ3) is 4.00. The van der Waals surface area contributed by atoms with Gasteiger partial charge in [0.05, 0.1) is 11.1 Å². The van der Waals surface area contributed by atoms with Gasteiger partial charge in [-0.25, -0.2) is 0 Å². The summed E-state index contributed by atoms with van der Waals surface area (Å²) in [7, 11) is 0. The fourth-order valence-electron chi connectivity index (χ4n) is 3.27. The van der Waals surface area contributed by atoms with E-state index in [1.807, 2.05) is 36.4 Å². The monoisotopic (exact) mass is 431 g/mol. The van der Waals surface area contributed by atoms with Crippen molar-refractivity contribution < 1.29 is 18.7 Å². The van der Waals surface area contributed by atoms with Gasteiger partial charge in [-0.05, 0) is 24.3 Å². The molecule has 6 nitrogen and oxygen atoms in total. The number of para-hydroxylation sites is 1. The molecule has 0 saturated carbocycles. The summed E-state index contributed by atoms with van der Waals surface area (Å²) in [4.78, 5) is 27.1. The molecule has 3 aromatic carbocycles. The zero-order valence-electron chi connectivity index (χ0n) is 16.3. The number of nitrogens with one attached hydrogen (secondary N) is 1. The lowest BCUT2D eigenvalue weighted by Crippen LogP contribution is -2.18. The molecule has 4 aromatic rings. The van der Waals surface area contributed by atoms with E-state index in [0.717, 1.165) is 9.79 Å². The van der Waals surface area contributed by atoms with Crippen LogP contribution in [0.2, 0.25) is 0 Å². The van der Waals surface area contributed by atoms with Crippen LogP contribution < -0.4 is 20.2 Å². The molecule has 0 fully saturated rings. The second-order valence-corrected chi connectivity index (χ2v) is 7.95. The maximum absolute atomic E-state index is 13.0. The number of hydrogen-bond donors (Lipinski definition) is 1. The summed E-state index contributed by atoms with van der Waals surface area (Å²) in [6, 6.07) is 21.4. The summed E-state index contributed by atoms with van der Waals surface area (Å²) in [6.07, 6.45) is 0. The van der Waals surface area contributed by atoms with Crippen LogP contribution in [0.5, 0.6) is 11.5 Å². The van der Waals surface area contributed by atoms with Crippen molar-refractivity contribution >= 4 is 34.3 Å². The van der Waals surface area contributed by atoms with Gasteiger partial charge in [0, 0.05) is 28.0 Å². The molecule has 1 amide bonds. The lowest BCUT2D eigenvalue weighted by molar-refractivity contribution is 0.0997. The van der Waals surface area contributed by atoms with Crippen molar-refractivity contribution in [2.75, 3.05) is 18.5 Å². The topological polar surface area (TPSA) is 77.8 Å². The molecular formula is C24H17NO5S. The van der Waals surface area contributed by atoms with Crippen molar-refractivity contribution in [1.82, 2.24) is 0 Å². The number of rotatable bonds is 4. The second kappa shape index (κ2) is 8.20. The van der Waals surface area contributed by atoms with Crippen molar-refractivity contribution in [1.29, 1.82) is 0 Å². The summed E-state index contributed by atoms with van der Waals surface area (Å²) in [5.41, 5.74) is 0.633. The van der Waals surface area contributed by atoms with Gasteiger partial charge in [-0.2, -0.15) is 0 Å². The van der Waals surface area contributed by atoms with Gasteiger partial charge in [-0.1, -0.05) is 42.1 Å². The maximum atomic E-state index is 13.0. The molecular weight excluding hydrogens is 414 g/mol. The lowest BCUT2D eigenvalue weighted by atomic mass is 10.2. The predicted octanol–water partition coefficient (Wildman–Crippen LogP) is 4.97. The third-order valence-corrected chi connectivity index (χ3v) is 5.79. The zero-order valence-corrected chi connectivity index (χ0v) is 17.1. The normalized spacial score (nSPS) is 12.5.